The third-order valence-electron chi connectivity index (χ3n) is 3.79. The standard InChI is InChI=1S/C19H18ClNO4/c1-21(10-11-24-15-8-6-14(20)7-9-15)19(22)17-12-13-4-3-5-16(23-2)18(13)25-17/h3-9,12H,10-11H2,1-2H3. The van der Waals surface area contributed by atoms with Crippen molar-refractivity contribution in [1.29, 1.82) is 0 Å². The smallest absolute Gasteiger partial charge is 0.289 e. The predicted molar refractivity (Wildman–Crippen MR) is 96.7 cm³/mol. The van der Waals surface area contributed by atoms with Gasteiger partial charge >= 0.3 is 0 Å². The molecule has 5 nitrogen and oxygen atoms in total. The van der Waals surface area contributed by atoms with Crippen molar-refractivity contribution >= 4 is 28.5 Å². The maximum absolute atomic E-state index is 12.5. The fraction of sp³-hybridized carbons (Fsp3) is 0.211. The van der Waals surface area contributed by atoms with Gasteiger partial charge in [-0.1, -0.05) is 23.7 Å². The number of carbonyl (C=O) groups excluding carboxylic acids is 1. The number of fused-ring (bicyclic) bond motifs is 1. The van der Waals surface area contributed by atoms with Crippen LogP contribution in [0.5, 0.6) is 11.5 Å². The fourth-order valence-corrected chi connectivity index (χ4v) is 2.55. The quantitative estimate of drug-likeness (QED) is 0.660. The summed E-state index contributed by atoms with van der Waals surface area (Å²) >= 11 is 5.83. The van der Waals surface area contributed by atoms with Crippen molar-refractivity contribution in [1.82, 2.24) is 4.90 Å². The minimum atomic E-state index is -0.210. The number of benzene rings is 2. The molecule has 0 aliphatic carbocycles. The van der Waals surface area contributed by atoms with Gasteiger partial charge in [0, 0.05) is 17.5 Å². The third-order valence-corrected chi connectivity index (χ3v) is 4.05. The second-order valence-corrected chi connectivity index (χ2v) is 5.95. The Balaban J connectivity index is 1.63. The van der Waals surface area contributed by atoms with Crippen molar-refractivity contribution in [3.8, 4) is 11.5 Å². The van der Waals surface area contributed by atoms with Crippen LogP contribution in [0.3, 0.4) is 0 Å². The lowest BCUT2D eigenvalue weighted by Gasteiger charge is -2.16. The van der Waals surface area contributed by atoms with Gasteiger partial charge in [0.05, 0.1) is 13.7 Å². The fourth-order valence-electron chi connectivity index (χ4n) is 2.42. The van der Waals surface area contributed by atoms with Crippen molar-refractivity contribution in [3.05, 3.63) is 59.3 Å². The number of ether oxygens (including phenoxy) is 2. The molecule has 0 bridgehead atoms. The molecule has 2 aromatic carbocycles. The van der Waals surface area contributed by atoms with E-state index in [0.29, 0.717) is 35.3 Å². The Kier molecular flexibility index (Phi) is 5.14. The van der Waals surface area contributed by atoms with Crippen LogP contribution in [0.25, 0.3) is 11.0 Å². The number of furan rings is 1. The topological polar surface area (TPSA) is 51.9 Å². The van der Waals surface area contributed by atoms with Gasteiger partial charge in [-0.2, -0.15) is 0 Å². The van der Waals surface area contributed by atoms with Gasteiger partial charge in [0.2, 0.25) is 0 Å². The molecule has 0 saturated carbocycles. The molecular weight excluding hydrogens is 342 g/mol. The van der Waals surface area contributed by atoms with E-state index in [-0.39, 0.29) is 11.7 Å². The number of carbonyl (C=O) groups is 1. The molecule has 0 saturated heterocycles. The first kappa shape index (κ1) is 17.2. The highest BCUT2D eigenvalue weighted by atomic mass is 35.5. The van der Waals surface area contributed by atoms with Crippen LogP contribution in [-0.4, -0.2) is 38.1 Å². The van der Waals surface area contributed by atoms with Gasteiger partial charge < -0.3 is 18.8 Å². The first-order valence-electron chi connectivity index (χ1n) is 7.79. The Morgan fingerprint density at radius 2 is 1.96 bits per heavy atom. The number of methoxy groups -OCH3 is 1. The zero-order chi connectivity index (χ0) is 17.8. The maximum atomic E-state index is 12.5. The highest BCUT2D eigenvalue weighted by Gasteiger charge is 2.18. The maximum Gasteiger partial charge on any atom is 0.289 e. The first-order valence-corrected chi connectivity index (χ1v) is 8.16. The lowest BCUT2D eigenvalue weighted by molar-refractivity contribution is 0.0744. The van der Waals surface area contributed by atoms with Crippen LogP contribution in [0.2, 0.25) is 5.02 Å². The summed E-state index contributed by atoms with van der Waals surface area (Å²) in [5.41, 5.74) is 0.569. The van der Waals surface area contributed by atoms with Crippen molar-refractivity contribution in [2.45, 2.75) is 0 Å². The van der Waals surface area contributed by atoms with Crippen LogP contribution in [0.15, 0.2) is 52.9 Å². The van der Waals surface area contributed by atoms with E-state index >= 15 is 0 Å². The van der Waals surface area contributed by atoms with Crippen molar-refractivity contribution in [2.75, 3.05) is 27.3 Å². The molecule has 6 heteroatoms. The molecule has 1 heterocycles. The summed E-state index contributed by atoms with van der Waals surface area (Å²) in [5, 5.41) is 1.48. The Labute approximate surface area is 150 Å². The number of nitrogens with zero attached hydrogens (tertiary/aromatic N) is 1. The summed E-state index contributed by atoms with van der Waals surface area (Å²) in [4.78, 5) is 14.1. The molecule has 0 spiro atoms. The molecule has 3 rings (SSSR count). The second kappa shape index (κ2) is 7.49. The lowest BCUT2D eigenvalue weighted by atomic mass is 10.2. The van der Waals surface area contributed by atoms with E-state index in [0.717, 1.165) is 5.39 Å². The van der Waals surface area contributed by atoms with E-state index in [1.807, 2.05) is 12.1 Å². The van der Waals surface area contributed by atoms with E-state index < -0.39 is 0 Å². The summed E-state index contributed by atoms with van der Waals surface area (Å²) in [6.07, 6.45) is 0. The van der Waals surface area contributed by atoms with Crippen LogP contribution in [-0.2, 0) is 0 Å². The molecule has 0 fully saturated rings. The van der Waals surface area contributed by atoms with Crippen molar-refractivity contribution in [3.63, 3.8) is 0 Å². The summed E-state index contributed by atoms with van der Waals surface area (Å²) in [7, 11) is 3.27. The monoisotopic (exact) mass is 359 g/mol. The van der Waals surface area contributed by atoms with E-state index in [9.17, 15) is 4.79 Å². The van der Waals surface area contributed by atoms with Gasteiger partial charge in [0.1, 0.15) is 12.4 Å². The molecular formula is C19H18ClNO4. The van der Waals surface area contributed by atoms with Gasteiger partial charge in [0.15, 0.2) is 17.1 Å². The Hall–Kier alpha value is -2.66. The minimum Gasteiger partial charge on any atom is -0.493 e. The largest absolute Gasteiger partial charge is 0.493 e. The average Bonchev–Trinajstić information content (AvgIpc) is 3.06. The Morgan fingerprint density at radius 3 is 2.68 bits per heavy atom. The van der Waals surface area contributed by atoms with Gasteiger partial charge in [-0.3, -0.25) is 4.79 Å². The zero-order valence-electron chi connectivity index (χ0n) is 14.0. The predicted octanol–water partition coefficient (Wildman–Crippen LogP) is 4.25. The first-order chi connectivity index (χ1) is 12.1. The number of halogens is 1. The minimum absolute atomic E-state index is 0.210. The average molecular weight is 360 g/mol. The molecule has 0 aliphatic rings. The van der Waals surface area contributed by atoms with Gasteiger partial charge in [0.25, 0.3) is 5.91 Å². The zero-order valence-corrected chi connectivity index (χ0v) is 14.7. The summed E-state index contributed by atoms with van der Waals surface area (Å²) in [5.74, 6) is 1.37. The van der Waals surface area contributed by atoms with Crippen LogP contribution in [0, 0.1) is 0 Å². The van der Waals surface area contributed by atoms with E-state index in [2.05, 4.69) is 0 Å². The number of hydrogen-bond acceptors (Lipinski definition) is 4. The Bertz CT molecular complexity index is 873. The normalized spacial score (nSPS) is 10.7. The highest BCUT2D eigenvalue weighted by molar-refractivity contribution is 6.30. The highest BCUT2D eigenvalue weighted by Crippen LogP contribution is 2.28. The number of rotatable bonds is 6. The Morgan fingerprint density at radius 1 is 1.20 bits per heavy atom. The van der Waals surface area contributed by atoms with E-state index in [1.54, 1.807) is 55.5 Å². The van der Waals surface area contributed by atoms with Crippen LogP contribution < -0.4 is 9.47 Å². The number of para-hydroxylation sites is 1. The van der Waals surface area contributed by atoms with Gasteiger partial charge in [-0.05, 0) is 36.4 Å². The molecule has 0 N–H and O–H groups in total. The molecule has 0 radical (unpaired) electrons. The molecule has 130 valence electrons. The van der Waals surface area contributed by atoms with E-state index in [4.69, 9.17) is 25.5 Å². The molecule has 0 atom stereocenters. The molecule has 1 amide bonds. The van der Waals surface area contributed by atoms with Gasteiger partial charge in [-0.15, -0.1) is 0 Å². The van der Waals surface area contributed by atoms with Crippen molar-refractivity contribution in [2.24, 2.45) is 0 Å². The molecule has 0 aliphatic heterocycles. The van der Waals surface area contributed by atoms with Crippen LogP contribution in [0.1, 0.15) is 10.6 Å². The molecule has 3 aromatic rings. The number of likely N-dealkylation sites (N-methyl/N-ethyl adjacent to an activating group) is 1. The third kappa shape index (κ3) is 3.88. The van der Waals surface area contributed by atoms with E-state index in [1.165, 1.54) is 0 Å². The summed E-state index contributed by atoms with van der Waals surface area (Å²) in [6, 6.07) is 14.3. The molecule has 1 aromatic heterocycles. The summed E-state index contributed by atoms with van der Waals surface area (Å²) in [6.45, 7) is 0.795. The number of amides is 1. The number of hydrogen-bond donors (Lipinski definition) is 0. The van der Waals surface area contributed by atoms with Crippen LogP contribution in [0.4, 0.5) is 0 Å². The van der Waals surface area contributed by atoms with Crippen LogP contribution >= 0.6 is 11.6 Å². The molecule has 25 heavy (non-hydrogen) atoms. The summed E-state index contributed by atoms with van der Waals surface area (Å²) < 4.78 is 16.5. The molecule has 0 unspecified atom stereocenters. The SMILES string of the molecule is COc1cccc2cc(C(=O)N(C)CCOc3ccc(Cl)cc3)oc12. The lowest BCUT2D eigenvalue weighted by Crippen LogP contribution is -2.30. The van der Waals surface area contributed by atoms with Gasteiger partial charge in [-0.25, -0.2) is 0 Å². The second-order valence-electron chi connectivity index (χ2n) is 5.52. The van der Waals surface area contributed by atoms with Crippen molar-refractivity contribution < 1.29 is 18.7 Å².